The third kappa shape index (κ3) is 5.13. The number of ether oxygens (including phenoxy) is 2. The molecule has 0 saturated carbocycles. The summed E-state index contributed by atoms with van der Waals surface area (Å²) < 4.78 is 37.9. The van der Waals surface area contributed by atoms with Crippen LogP contribution in [0, 0.1) is 6.92 Å². The highest BCUT2D eigenvalue weighted by Gasteiger charge is 2.17. The van der Waals surface area contributed by atoms with Crippen molar-refractivity contribution in [3.8, 4) is 22.5 Å². The number of nitrogens with two attached hydrogens (primary N) is 1. The molecule has 4 rings (SSSR count). The number of methoxy groups -OCH3 is 2. The molecule has 4 aromatic rings. The second-order valence-corrected chi connectivity index (χ2v) is 10.1. The Morgan fingerprint density at radius 1 is 1.03 bits per heavy atom. The Morgan fingerprint density at radius 3 is 2.42 bits per heavy atom. The zero-order valence-corrected chi connectivity index (χ0v) is 20.1. The van der Waals surface area contributed by atoms with Crippen LogP contribution < -0.4 is 25.2 Å². The molecule has 0 amide bonds. The highest BCUT2D eigenvalue weighted by atomic mass is 32.2. The fourth-order valence-corrected chi connectivity index (χ4v) is 5.36. The SMILES string of the molecule is COc1cc(NS(=O)(=O)c2ccc(Nc3nc(-c4sc(N)nc4C)cs3)cc2)nc(OC)n1. The van der Waals surface area contributed by atoms with Crippen molar-refractivity contribution in [2.75, 3.05) is 30.0 Å². The van der Waals surface area contributed by atoms with Gasteiger partial charge in [0.15, 0.2) is 16.1 Å². The number of benzene rings is 1. The average molecular weight is 506 g/mol. The van der Waals surface area contributed by atoms with Crippen LogP contribution in [0.3, 0.4) is 0 Å². The maximum Gasteiger partial charge on any atom is 0.321 e. The zero-order chi connectivity index (χ0) is 23.6. The predicted molar refractivity (Wildman–Crippen MR) is 128 cm³/mol. The first-order chi connectivity index (χ1) is 15.8. The van der Waals surface area contributed by atoms with E-state index >= 15 is 0 Å². The third-order valence-electron chi connectivity index (χ3n) is 4.28. The fourth-order valence-electron chi connectivity index (χ4n) is 2.78. The Labute approximate surface area is 197 Å². The normalized spacial score (nSPS) is 11.2. The average Bonchev–Trinajstić information content (AvgIpc) is 3.38. The Bertz CT molecular complexity index is 1360. The molecule has 0 saturated heterocycles. The Balaban J connectivity index is 1.48. The lowest BCUT2D eigenvalue weighted by atomic mass is 10.3. The van der Waals surface area contributed by atoms with Crippen molar-refractivity contribution in [2.45, 2.75) is 11.8 Å². The van der Waals surface area contributed by atoms with Crippen molar-refractivity contribution >= 4 is 54.5 Å². The number of thiazole rings is 2. The smallest absolute Gasteiger partial charge is 0.321 e. The Morgan fingerprint density at radius 2 is 1.79 bits per heavy atom. The van der Waals surface area contributed by atoms with Gasteiger partial charge in [0.25, 0.3) is 10.0 Å². The van der Waals surface area contributed by atoms with Gasteiger partial charge in [-0.25, -0.2) is 18.4 Å². The molecule has 0 aliphatic heterocycles. The molecule has 0 aliphatic carbocycles. The van der Waals surface area contributed by atoms with Gasteiger partial charge in [-0.3, -0.25) is 4.72 Å². The molecule has 0 radical (unpaired) electrons. The van der Waals surface area contributed by atoms with Gasteiger partial charge < -0.3 is 20.5 Å². The van der Waals surface area contributed by atoms with Crippen LogP contribution in [0.2, 0.25) is 0 Å². The molecule has 4 N–H and O–H groups in total. The summed E-state index contributed by atoms with van der Waals surface area (Å²) in [4.78, 5) is 17.7. The van der Waals surface area contributed by atoms with E-state index < -0.39 is 10.0 Å². The molecule has 0 atom stereocenters. The van der Waals surface area contributed by atoms with Crippen molar-refractivity contribution in [3.63, 3.8) is 0 Å². The molecule has 0 aliphatic rings. The number of nitrogen functional groups attached to an aromatic ring is 1. The van der Waals surface area contributed by atoms with Crippen molar-refractivity contribution in [2.24, 2.45) is 0 Å². The number of rotatable bonds is 8. The van der Waals surface area contributed by atoms with Gasteiger partial charge in [0.1, 0.15) is 0 Å². The molecule has 0 spiro atoms. The second-order valence-electron chi connectivity index (χ2n) is 6.54. The van der Waals surface area contributed by atoms with E-state index in [0.29, 0.717) is 16.0 Å². The van der Waals surface area contributed by atoms with Gasteiger partial charge in [-0.1, -0.05) is 11.3 Å². The summed E-state index contributed by atoms with van der Waals surface area (Å²) >= 11 is 2.80. The molecule has 1 aromatic carbocycles. The number of nitrogens with one attached hydrogen (secondary N) is 2. The second kappa shape index (κ2) is 9.17. The lowest BCUT2D eigenvalue weighted by Gasteiger charge is -2.10. The highest BCUT2D eigenvalue weighted by Crippen LogP contribution is 2.34. The molecule has 11 nitrogen and oxygen atoms in total. The zero-order valence-electron chi connectivity index (χ0n) is 17.7. The molecular weight excluding hydrogens is 486 g/mol. The van der Waals surface area contributed by atoms with E-state index in [-0.39, 0.29) is 22.6 Å². The van der Waals surface area contributed by atoms with Gasteiger partial charge in [-0.2, -0.15) is 9.97 Å². The van der Waals surface area contributed by atoms with Crippen molar-refractivity contribution in [1.29, 1.82) is 0 Å². The number of anilines is 4. The van der Waals surface area contributed by atoms with Gasteiger partial charge in [-0.05, 0) is 31.2 Å². The monoisotopic (exact) mass is 505 g/mol. The van der Waals surface area contributed by atoms with Gasteiger partial charge in [0, 0.05) is 17.1 Å². The van der Waals surface area contributed by atoms with E-state index in [1.165, 1.54) is 55.1 Å². The quantitative estimate of drug-likeness (QED) is 0.324. The number of sulfonamides is 1. The topological polar surface area (TPSA) is 154 Å². The van der Waals surface area contributed by atoms with Gasteiger partial charge in [0.2, 0.25) is 5.88 Å². The summed E-state index contributed by atoms with van der Waals surface area (Å²) in [6.07, 6.45) is 0. The van der Waals surface area contributed by atoms with E-state index in [1.807, 2.05) is 12.3 Å². The van der Waals surface area contributed by atoms with E-state index in [0.717, 1.165) is 16.3 Å². The van der Waals surface area contributed by atoms with Crippen molar-refractivity contribution < 1.29 is 17.9 Å². The molecular formula is C19H19N7O4S3. The number of nitrogens with zero attached hydrogens (tertiary/aromatic N) is 4. The minimum atomic E-state index is -3.90. The predicted octanol–water partition coefficient (Wildman–Crippen LogP) is 3.51. The summed E-state index contributed by atoms with van der Waals surface area (Å²) in [6, 6.07) is 7.57. The van der Waals surface area contributed by atoms with Gasteiger partial charge >= 0.3 is 6.01 Å². The number of aromatic nitrogens is 4. The number of hydrogen-bond donors (Lipinski definition) is 3. The summed E-state index contributed by atoms with van der Waals surface area (Å²) in [7, 11) is -1.12. The van der Waals surface area contributed by atoms with Crippen LogP contribution in [-0.4, -0.2) is 42.6 Å². The molecule has 0 unspecified atom stereocenters. The minimum absolute atomic E-state index is 0.0226. The van der Waals surface area contributed by atoms with Crippen LogP contribution in [-0.2, 0) is 10.0 Å². The standard InChI is InChI=1S/C19H19N7O4S3/c1-10-16(32-17(20)21-10)13-9-31-19(23-13)22-11-4-6-12(7-5-11)33(27,28)26-14-8-15(29-2)25-18(24-14)30-3/h4-9H,1-3H3,(H2,20,21)(H,22,23)(H,24,25,26). The highest BCUT2D eigenvalue weighted by molar-refractivity contribution is 7.92. The maximum absolute atomic E-state index is 12.8. The number of hydrogen-bond acceptors (Lipinski definition) is 12. The fraction of sp³-hybridized carbons (Fsp3) is 0.158. The first-order valence-electron chi connectivity index (χ1n) is 9.33. The molecule has 3 heterocycles. The van der Waals surface area contributed by atoms with Gasteiger partial charge in [-0.15, -0.1) is 11.3 Å². The van der Waals surface area contributed by atoms with Crippen LogP contribution in [0.1, 0.15) is 5.69 Å². The van der Waals surface area contributed by atoms with E-state index in [9.17, 15) is 8.42 Å². The lowest BCUT2D eigenvalue weighted by molar-refractivity contribution is 0.353. The molecule has 33 heavy (non-hydrogen) atoms. The summed E-state index contributed by atoms with van der Waals surface area (Å²) in [5.74, 6) is 0.188. The lowest BCUT2D eigenvalue weighted by Crippen LogP contribution is -2.14. The molecule has 0 bridgehead atoms. The van der Waals surface area contributed by atoms with Crippen LogP contribution in [0.15, 0.2) is 40.6 Å². The van der Waals surface area contributed by atoms with Gasteiger partial charge in [0.05, 0.1) is 35.4 Å². The van der Waals surface area contributed by atoms with Crippen molar-refractivity contribution in [3.05, 3.63) is 41.4 Å². The van der Waals surface area contributed by atoms with Crippen LogP contribution in [0.4, 0.5) is 21.8 Å². The minimum Gasteiger partial charge on any atom is -0.481 e. The molecule has 3 aromatic heterocycles. The molecule has 0 fully saturated rings. The summed E-state index contributed by atoms with van der Waals surface area (Å²) in [5.41, 5.74) is 8.06. The van der Waals surface area contributed by atoms with E-state index in [4.69, 9.17) is 15.2 Å². The Hall–Kier alpha value is -3.49. The van der Waals surface area contributed by atoms with E-state index in [1.54, 1.807) is 12.1 Å². The molecule has 172 valence electrons. The summed E-state index contributed by atoms with van der Waals surface area (Å²) in [5, 5.41) is 6.23. The third-order valence-corrected chi connectivity index (χ3v) is 7.42. The van der Waals surface area contributed by atoms with Crippen LogP contribution in [0.25, 0.3) is 10.6 Å². The Kier molecular flexibility index (Phi) is 6.31. The van der Waals surface area contributed by atoms with Crippen LogP contribution >= 0.6 is 22.7 Å². The summed E-state index contributed by atoms with van der Waals surface area (Å²) in [6.45, 7) is 1.88. The van der Waals surface area contributed by atoms with Crippen LogP contribution in [0.5, 0.6) is 11.9 Å². The largest absolute Gasteiger partial charge is 0.481 e. The number of aryl methyl sites for hydroxylation is 1. The molecule has 14 heteroatoms. The first-order valence-corrected chi connectivity index (χ1v) is 12.5. The maximum atomic E-state index is 12.8. The van der Waals surface area contributed by atoms with Crippen molar-refractivity contribution in [1.82, 2.24) is 19.9 Å². The van der Waals surface area contributed by atoms with E-state index in [2.05, 4.69) is 30.0 Å². The first kappa shape index (κ1) is 22.7.